The van der Waals surface area contributed by atoms with Gasteiger partial charge in [0, 0.05) is 11.8 Å². The lowest BCUT2D eigenvalue weighted by atomic mass is 9.89. The second-order valence-corrected chi connectivity index (χ2v) is 5.97. The number of benzene rings is 1. The van der Waals surface area contributed by atoms with Crippen molar-refractivity contribution in [3.63, 3.8) is 0 Å². The lowest BCUT2D eigenvalue weighted by Gasteiger charge is -2.20. The summed E-state index contributed by atoms with van der Waals surface area (Å²) < 4.78 is 0. The largest absolute Gasteiger partial charge is 0.346 e. The summed E-state index contributed by atoms with van der Waals surface area (Å²) in [6, 6.07) is 11.5. The number of hydrogen-bond donors (Lipinski definition) is 1. The molecular weight excluding hydrogens is 286 g/mol. The van der Waals surface area contributed by atoms with Crippen LogP contribution in [-0.4, -0.2) is 10.9 Å². The first-order valence-corrected chi connectivity index (χ1v) is 7.96. The van der Waals surface area contributed by atoms with Gasteiger partial charge in [-0.05, 0) is 61.4 Å². The second-order valence-electron chi connectivity index (χ2n) is 5.97. The summed E-state index contributed by atoms with van der Waals surface area (Å²) in [6.45, 7) is 1.98. The standard InChI is InChI=1S/C19H19N3O/c1-13(15-7-6-14-4-2-3-5-16(14)10-15)22-19(23)17-8-9-21-18(11-17)12-20/h6-11,13H,2-5H2,1H3,(H,22,23). The van der Waals surface area contributed by atoms with E-state index in [2.05, 4.69) is 28.5 Å². The van der Waals surface area contributed by atoms with Gasteiger partial charge >= 0.3 is 0 Å². The van der Waals surface area contributed by atoms with E-state index >= 15 is 0 Å². The highest BCUT2D eigenvalue weighted by atomic mass is 16.1. The number of aromatic nitrogens is 1. The molecule has 2 aromatic rings. The molecule has 1 N–H and O–H groups in total. The van der Waals surface area contributed by atoms with Crippen molar-refractivity contribution in [3.8, 4) is 6.07 Å². The summed E-state index contributed by atoms with van der Waals surface area (Å²) in [5.74, 6) is -0.186. The minimum absolute atomic E-state index is 0.0755. The zero-order valence-electron chi connectivity index (χ0n) is 13.2. The molecule has 1 aromatic heterocycles. The Balaban J connectivity index is 1.74. The molecule has 1 aromatic carbocycles. The molecule has 0 radical (unpaired) electrons. The number of nitrogens with zero attached hydrogens (tertiary/aromatic N) is 2. The molecule has 116 valence electrons. The fraction of sp³-hybridized carbons (Fsp3) is 0.316. The van der Waals surface area contributed by atoms with E-state index in [1.165, 1.54) is 36.2 Å². The summed E-state index contributed by atoms with van der Waals surface area (Å²) in [5.41, 5.74) is 4.67. The number of carbonyl (C=O) groups is 1. The fourth-order valence-electron chi connectivity index (χ4n) is 3.02. The normalized spacial score (nSPS) is 14.4. The predicted octanol–water partition coefficient (Wildman–Crippen LogP) is 3.32. The molecule has 1 aliphatic rings. The number of aryl methyl sites for hydroxylation is 2. The third-order valence-electron chi connectivity index (χ3n) is 4.36. The van der Waals surface area contributed by atoms with Crippen molar-refractivity contribution < 1.29 is 4.79 Å². The maximum absolute atomic E-state index is 12.3. The highest BCUT2D eigenvalue weighted by Gasteiger charge is 2.15. The maximum atomic E-state index is 12.3. The number of nitrogens with one attached hydrogen (secondary N) is 1. The first-order chi connectivity index (χ1) is 11.2. The van der Waals surface area contributed by atoms with Crippen LogP contribution in [0.3, 0.4) is 0 Å². The van der Waals surface area contributed by atoms with Gasteiger partial charge in [0.2, 0.25) is 0 Å². The van der Waals surface area contributed by atoms with Crippen LogP contribution in [0.5, 0.6) is 0 Å². The van der Waals surface area contributed by atoms with Crippen LogP contribution >= 0.6 is 0 Å². The molecule has 0 spiro atoms. The Bertz CT molecular complexity index is 776. The minimum Gasteiger partial charge on any atom is -0.346 e. The number of nitriles is 1. The molecule has 0 saturated carbocycles. The van der Waals surface area contributed by atoms with E-state index < -0.39 is 0 Å². The number of carbonyl (C=O) groups excluding carboxylic acids is 1. The van der Waals surface area contributed by atoms with Crippen LogP contribution < -0.4 is 5.32 Å². The molecule has 4 nitrogen and oxygen atoms in total. The SMILES string of the molecule is CC(NC(=O)c1ccnc(C#N)c1)c1ccc2c(c1)CCCC2. The van der Waals surface area contributed by atoms with Crippen molar-refractivity contribution >= 4 is 5.91 Å². The smallest absolute Gasteiger partial charge is 0.251 e. The number of pyridine rings is 1. The van der Waals surface area contributed by atoms with Gasteiger partial charge in [0.15, 0.2) is 0 Å². The van der Waals surface area contributed by atoms with Crippen LogP contribution in [0.1, 0.15) is 58.5 Å². The fourth-order valence-corrected chi connectivity index (χ4v) is 3.02. The van der Waals surface area contributed by atoms with Gasteiger partial charge in [-0.15, -0.1) is 0 Å². The van der Waals surface area contributed by atoms with Gasteiger partial charge in [0.1, 0.15) is 11.8 Å². The van der Waals surface area contributed by atoms with Crippen molar-refractivity contribution in [2.24, 2.45) is 0 Å². The zero-order valence-corrected chi connectivity index (χ0v) is 13.2. The Labute approximate surface area is 136 Å². The van der Waals surface area contributed by atoms with E-state index in [9.17, 15) is 4.79 Å². The molecule has 0 bridgehead atoms. The monoisotopic (exact) mass is 305 g/mol. The molecule has 1 heterocycles. The average Bonchev–Trinajstić information content (AvgIpc) is 2.61. The molecule has 1 atom stereocenters. The van der Waals surface area contributed by atoms with Crippen LogP contribution in [0.15, 0.2) is 36.5 Å². The molecular formula is C19H19N3O. The lowest BCUT2D eigenvalue weighted by Crippen LogP contribution is -2.27. The number of fused-ring (bicyclic) bond motifs is 1. The Hall–Kier alpha value is -2.67. The topological polar surface area (TPSA) is 65.8 Å². The van der Waals surface area contributed by atoms with E-state index in [-0.39, 0.29) is 17.6 Å². The van der Waals surface area contributed by atoms with Crippen molar-refractivity contribution in [3.05, 3.63) is 64.5 Å². The Kier molecular flexibility index (Phi) is 4.38. The highest BCUT2D eigenvalue weighted by Crippen LogP contribution is 2.24. The summed E-state index contributed by atoms with van der Waals surface area (Å²) in [5, 5.41) is 11.9. The average molecular weight is 305 g/mol. The third-order valence-corrected chi connectivity index (χ3v) is 4.36. The van der Waals surface area contributed by atoms with E-state index in [4.69, 9.17) is 5.26 Å². The number of amides is 1. The molecule has 1 unspecified atom stereocenters. The molecule has 23 heavy (non-hydrogen) atoms. The Morgan fingerprint density at radius 3 is 2.78 bits per heavy atom. The van der Waals surface area contributed by atoms with Gasteiger partial charge in [-0.3, -0.25) is 4.79 Å². The van der Waals surface area contributed by atoms with Crippen molar-refractivity contribution in [1.82, 2.24) is 10.3 Å². The van der Waals surface area contributed by atoms with E-state index in [1.807, 2.05) is 13.0 Å². The summed E-state index contributed by atoms with van der Waals surface area (Å²) >= 11 is 0. The van der Waals surface area contributed by atoms with E-state index in [0.717, 1.165) is 18.4 Å². The van der Waals surface area contributed by atoms with Crippen LogP contribution in [0.25, 0.3) is 0 Å². The molecule has 0 saturated heterocycles. The molecule has 3 rings (SSSR count). The molecule has 0 aliphatic heterocycles. The summed E-state index contributed by atoms with van der Waals surface area (Å²) in [4.78, 5) is 16.2. The first kappa shape index (κ1) is 15.2. The van der Waals surface area contributed by atoms with Gasteiger partial charge in [-0.2, -0.15) is 5.26 Å². The third kappa shape index (κ3) is 3.40. The molecule has 1 amide bonds. The van der Waals surface area contributed by atoms with Crippen molar-refractivity contribution in [2.45, 2.75) is 38.6 Å². The number of rotatable bonds is 3. The maximum Gasteiger partial charge on any atom is 0.251 e. The first-order valence-electron chi connectivity index (χ1n) is 7.96. The van der Waals surface area contributed by atoms with Crippen LogP contribution in [-0.2, 0) is 12.8 Å². The van der Waals surface area contributed by atoms with Gasteiger partial charge in [-0.25, -0.2) is 4.98 Å². The Morgan fingerprint density at radius 1 is 1.22 bits per heavy atom. The highest BCUT2D eigenvalue weighted by molar-refractivity contribution is 5.94. The quantitative estimate of drug-likeness (QED) is 0.946. The molecule has 1 aliphatic carbocycles. The molecule has 4 heteroatoms. The van der Waals surface area contributed by atoms with Gasteiger partial charge < -0.3 is 5.32 Å². The summed E-state index contributed by atoms with van der Waals surface area (Å²) in [6.07, 6.45) is 6.27. The van der Waals surface area contributed by atoms with E-state index in [1.54, 1.807) is 6.07 Å². The number of hydrogen-bond acceptors (Lipinski definition) is 3. The Morgan fingerprint density at radius 2 is 2.00 bits per heavy atom. The van der Waals surface area contributed by atoms with Gasteiger partial charge in [0.25, 0.3) is 5.91 Å². The molecule has 0 fully saturated rings. The lowest BCUT2D eigenvalue weighted by molar-refractivity contribution is 0.0939. The van der Waals surface area contributed by atoms with Crippen molar-refractivity contribution in [2.75, 3.05) is 0 Å². The van der Waals surface area contributed by atoms with Crippen LogP contribution in [0.4, 0.5) is 0 Å². The predicted molar refractivity (Wildman–Crippen MR) is 87.9 cm³/mol. The van der Waals surface area contributed by atoms with Gasteiger partial charge in [-0.1, -0.05) is 18.2 Å². The van der Waals surface area contributed by atoms with Crippen molar-refractivity contribution in [1.29, 1.82) is 5.26 Å². The van der Waals surface area contributed by atoms with E-state index in [0.29, 0.717) is 5.56 Å². The van der Waals surface area contributed by atoms with Crippen LogP contribution in [0.2, 0.25) is 0 Å². The summed E-state index contributed by atoms with van der Waals surface area (Å²) in [7, 11) is 0. The van der Waals surface area contributed by atoms with Gasteiger partial charge in [0.05, 0.1) is 6.04 Å². The zero-order chi connectivity index (χ0) is 16.2. The minimum atomic E-state index is -0.186. The second kappa shape index (κ2) is 6.62. The van der Waals surface area contributed by atoms with Crippen LogP contribution in [0, 0.1) is 11.3 Å².